The molecule has 1 aromatic heterocycles. The Bertz CT molecular complexity index is 1660. The predicted octanol–water partition coefficient (Wildman–Crippen LogP) is 8.24. The molecule has 7 nitrogen and oxygen atoms in total. The molecule has 44 heavy (non-hydrogen) atoms. The monoisotopic (exact) mass is 596 g/mol. The Kier molecular flexibility index (Phi) is 9.01. The molecule has 1 aliphatic rings. The lowest BCUT2D eigenvalue weighted by Crippen LogP contribution is -2.37. The van der Waals surface area contributed by atoms with E-state index >= 15 is 0 Å². The van der Waals surface area contributed by atoms with Crippen LogP contribution in [0.4, 0.5) is 10.1 Å². The van der Waals surface area contributed by atoms with Crippen molar-refractivity contribution >= 4 is 17.6 Å². The molecular weight excluding hydrogens is 559 g/mol. The second-order valence-corrected chi connectivity index (χ2v) is 11.6. The van der Waals surface area contributed by atoms with Gasteiger partial charge in [-0.2, -0.15) is 0 Å². The molecule has 0 spiro atoms. The third-order valence-corrected chi connectivity index (χ3v) is 7.43. The molecule has 0 bridgehead atoms. The minimum absolute atomic E-state index is 0.0658. The first-order chi connectivity index (χ1) is 21.0. The number of aromatic nitrogens is 1. The summed E-state index contributed by atoms with van der Waals surface area (Å²) in [4.78, 5) is 25.7. The Morgan fingerprint density at radius 1 is 0.955 bits per heavy atom. The minimum atomic E-state index is -1.00. The number of para-hydroxylation sites is 1. The molecule has 3 aromatic carbocycles. The van der Waals surface area contributed by atoms with Gasteiger partial charge in [0, 0.05) is 43.8 Å². The van der Waals surface area contributed by atoms with Crippen LogP contribution in [-0.4, -0.2) is 33.4 Å². The van der Waals surface area contributed by atoms with Crippen LogP contribution in [0, 0.1) is 5.82 Å². The summed E-state index contributed by atoms with van der Waals surface area (Å²) in [5, 5.41) is 12.5. The highest BCUT2D eigenvalue weighted by atomic mass is 19.1. The third-order valence-electron chi connectivity index (χ3n) is 7.43. The highest BCUT2D eigenvalue weighted by Crippen LogP contribution is 2.43. The maximum absolute atomic E-state index is 14.2. The van der Waals surface area contributed by atoms with E-state index in [-0.39, 0.29) is 24.1 Å². The molecule has 2 heterocycles. The van der Waals surface area contributed by atoms with Crippen LogP contribution in [-0.2, 0) is 20.8 Å². The SMILES string of the molecule is CC(C)c1c(C(=O)Nc2ccccc2)c(-c2ccccc2)c(-c2ccc(F)cc2)n1CCC1=CC(CC(=O)O)OC(C)(C)O1. The number of carbonyl (C=O) groups excluding carboxylic acids is 1. The number of allylic oxidation sites excluding steroid dienone is 1. The van der Waals surface area contributed by atoms with E-state index in [2.05, 4.69) is 9.88 Å². The molecule has 228 valence electrons. The van der Waals surface area contributed by atoms with Gasteiger partial charge < -0.3 is 24.5 Å². The number of aliphatic carboxylic acids is 1. The van der Waals surface area contributed by atoms with E-state index in [0.717, 1.165) is 28.1 Å². The number of amides is 1. The summed E-state index contributed by atoms with van der Waals surface area (Å²) in [6.07, 6.45) is 1.32. The zero-order valence-corrected chi connectivity index (χ0v) is 25.3. The summed E-state index contributed by atoms with van der Waals surface area (Å²) in [7, 11) is 0. The summed E-state index contributed by atoms with van der Waals surface area (Å²) in [6.45, 7) is 8.02. The summed E-state index contributed by atoms with van der Waals surface area (Å²) in [5.41, 5.74) is 5.19. The Balaban J connectivity index is 1.70. The Labute approximate surface area is 256 Å². The van der Waals surface area contributed by atoms with Crippen LogP contribution in [0.3, 0.4) is 0 Å². The molecular formula is C36H37FN2O5. The lowest BCUT2D eigenvalue weighted by molar-refractivity contribution is -0.225. The average molecular weight is 597 g/mol. The number of hydrogen-bond acceptors (Lipinski definition) is 4. The number of carbonyl (C=O) groups is 2. The Morgan fingerprint density at radius 3 is 2.20 bits per heavy atom. The predicted molar refractivity (Wildman–Crippen MR) is 169 cm³/mol. The maximum Gasteiger partial charge on any atom is 0.306 e. The second kappa shape index (κ2) is 12.9. The molecule has 0 radical (unpaired) electrons. The van der Waals surface area contributed by atoms with Crippen LogP contribution in [0.2, 0.25) is 0 Å². The largest absolute Gasteiger partial charge is 0.481 e. The quantitative estimate of drug-likeness (QED) is 0.192. The van der Waals surface area contributed by atoms with E-state index in [0.29, 0.717) is 30.0 Å². The maximum atomic E-state index is 14.2. The molecule has 0 aliphatic carbocycles. The van der Waals surface area contributed by atoms with Crippen LogP contribution >= 0.6 is 0 Å². The molecule has 2 N–H and O–H groups in total. The number of nitrogens with zero attached hydrogens (tertiary/aromatic N) is 1. The van der Waals surface area contributed by atoms with E-state index in [1.54, 1.807) is 32.1 Å². The van der Waals surface area contributed by atoms with E-state index in [1.165, 1.54) is 12.1 Å². The van der Waals surface area contributed by atoms with Crippen molar-refractivity contribution in [2.45, 2.75) is 64.9 Å². The molecule has 0 fully saturated rings. The van der Waals surface area contributed by atoms with Gasteiger partial charge in [-0.1, -0.05) is 62.4 Å². The first kappa shape index (κ1) is 30.8. The number of ether oxygens (including phenoxy) is 2. The lowest BCUT2D eigenvalue weighted by Gasteiger charge is -2.35. The molecule has 4 aromatic rings. The number of halogens is 1. The van der Waals surface area contributed by atoms with Gasteiger partial charge >= 0.3 is 5.97 Å². The summed E-state index contributed by atoms with van der Waals surface area (Å²) in [5.74, 6) is -2.02. The number of nitrogens with one attached hydrogen (secondary N) is 1. The van der Waals surface area contributed by atoms with Gasteiger partial charge in [-0.15, -0.1) is 0 Å². The van der Waals surface area contributed by atoms with Crippen molar-refractivity contribution in [3.8, 4) is 22.4 Å². The Hall–Kier alpha value is -4.69. The zero-order valence-electron chi connectivity index (χ0n) is 25.3. The molecule has 8 heteroatoms. The molecule has 1 aliphatic heterocycles. The second-order valence-electron chi connectivity index (χ2n) is 11.6. The van der Waals surface area contributed by atoms with E-state index < -0.39 is 17.9 Å². The first-order valence-corrected chi connectivity index (χ1v) is 14.8. The molecule has 0 saturated heterocycles. The van der Waals surface area contributed by atoms with Crippen LogP contribution in [0.5, 0.6) is 0 Å². The van der Waals surface area contributed by atoms with Crippen molar-refractivity contribution < 1.29 is 28.6 Å². The lowest BCUT2D eigenvalue weighted by atomic mass is 9.94. The summed E-state index contributed by atoms with van der Waals surface area (Å²) in [6, 6.07) is 25.3. The highest BCUT2D eigenvalue weighted by Gasteiger charge is 2.34. The third kappa shape index (κ3) is 6.92. The standard InChI is InChI=1S/C36H37FN2O5/c1-23(2)33-32(35(42)38-27-13-9-6-10-14-27)31(24-11-7-5-8-12-24)34(25-15-17-26(37)18-16-25)39(33)20-19-28-21-29(22-30(40)41)44-36(3,4)43-28/h5-18,21,23,29H,19-20,22H2,1-4H3,(H,38,42)(H,40,41). The molecule has 0 saturated carbocycles. The van der Waals surface area contributed by atoms with Gasteiger partial charge in [-0.3, -0.25) is 9.59 Å². The molecule has 5 rings (SSSR count). The number of carboxylic acid groups (broad SMARTS) is 1. The highest BCUT2D eigenvalue weighted by molar-refractivity contribution is 6.12. The summed E-state index contributed by atoms with van der Waals surface area (Å²) >= 11 is 0. The zero-order chi connectivity index (χ0) is 31.4. The van der Waals surface area contributed by atoms with Crippen molar-refractivity contribution in [2.75, 3.05) is 5.32 Å². The van der Waals surface area contributed by atoms with Gasteiger partial charge in [0.2, 0.25) is 5.79 Å². The van der Waals surface area contributed by atoms with Gasteiger partial charge in [-0.05, 0) is 59.5 Å². The Morgan fingerprint density at radius 2 is 1.59 bits per heavy atom. The van der Waals surface area contributed by atoms with Crippen molar-refractivity contribution in [1.29, 1.82) is 0 Å². The fraction of sp³-hybridized carbons (Fsp3) is 0.278. The van der Waals surface area contributed by atoms with Crippen LogP contribution in [0.25, 0.3) is 22.4 Å². The van der Waals surface area contributed by atoms with Crippen LogP contribution in [0.1, 0.15) is 62.5 Å². The van der Waals surface area contributed by atoms with Gasteiger partial charge in [0.25, 0.3) is 5.91 Å². The van der Waals surface area contributed by atoms with Crippen molar-refractivity contribution in [3.63, 3.8) is 0 Å². The average Bonchev–Trinajstić information content (AvgIpc) is 3.32. The fourth-order valence-electron chi connectivity index (χ4n) is 5.82. The van der Waals surface area contributed by atoms with Crippen molar-refractivity contribution in [1.82, 2.24) is 4.57 Å². The van der Waals surface area contributed by atoms with Gasteiger partial charge in [0.15, 0.2) is 0 Å². The van der Waals surface area contributed by atoms with Crippen LogP contribution < -0.4 is 5.32 Å². The smallest absolute Gasteiger partial charge is 0.306 e. The van der Waals surface area contributed by atoms with Crippen molar-refractivity contribution in [3.05, 3.63) is 114 Å². The normalized spacial score (nSPS) is 15.9. The van der Waals surface area contributed by atoms with Gasteiger partial charge in [0.1, 0.15) is 11.6 Å². The van der Waals surface area contributed by atoms with E-state index in [4.69, 9.17) is 9.47 Å². The molecule has 1 unspecified atom stereocenters. The van der Waals surface area contributed by atoms with E-state index in [9.17, 15) is 19.1 Å². The van der Waals surface area contributed by atoms with E-state index in [1.807, 2.05) is 74.5 Å². The number of hydrogen-bond donors (Lipinski definition) is 2. The van der Waals surface area contributed by atoms with Crippen LogP contribution in [0.15, 0.2) is 96.8 Å². The number of anilines is 1. The number of benzene rings is 3. The molecule has 1 amide bonds. The summed E-state index contributed by atoms with van der Waals surface area (Å²) < 4.78 is 28.2. The number of carboxylic acids is 1. The first-order valence-electron chi connectivity index (χ1n) is 14.8. The van der Waals surface area contributed by atoms with Crippen molar-refractivity contribution in [2.24, 2.45) is 0 Å². The van der Waals surface area contributed by atoms with Gasteiger partial charge in [0.05, 0.1) is 23.8 Å². The number of rotatable bonds is 10. The van der Waals surface area contributed by atoms with Gasteiger partial charge in [-0.25, -0.2) is 4.39 Å². The fourth-order valence-corrected chi connectivity index (χ4v) is 5.82. The molecule has 1 atom stereocenters. The topological polar surface area (TPSA) is 89.8 Å². The minimum Gasteiger partial charge on any atom is -0.481 e.